The normalized spacial score (nSPS) is 27.1. The van der Waals surface area contributed by atoms with Crippen LogP contribution in [0.15, 0.2) is 24.3 Å². The van der Waals surface area contributed by atoms with Gasteiger partial charge < -0.3 is 16.2 Å². The van der Waals surface area contributed by atoms with Crippen molar-refractivity contribution in [3.05, 3.63) is 29.8 Å². The highest BCUT2D eigenvalue weighted by molar-refractivity contribution is 5.91. The standard InChI is InChI=1S/C17H24N2O2/c18-14-5-3-13(4-6-14)17(9-10-17)16(21)19-11-12-1-7-15(20)8-2-12/h3-6,12,15,20H,1-2,7-11,18H2,(H,19,21). The second-order valence-electron chi connectivity index (χ2n) is 6.59. The van der Waals surface area contributed by atoms with Gasteiger partial charge in [-0.1, -0.05) is 12.1 Å². The number of nitrogens with two attached hydrogens (primary N) is 1. The van der Waals surface area contributed by atoms with Gasteiger partial charge >= 0.3 is 0 Å². The van der Waals surface area contributed by atoms with Crippen molar-refractivity contribution in [3.63, 3.8) is 0 Å². The number of anilines is 1. The highest BCUT2D eigenvalue weighted by Gasteiger charge is 2.51. The zero-order valence-electron chi connectivity index (χ0n) is 12.3. The van der Waals surface area contributed by atoms with Crippen LogP contribution in [-0.4, -0.2) is 23.7 Å². The Bertz CT molecular complexity index is 500. The molecule has 0 heterocycles. The molecule has 1 aromatic carbocycles. The Hall–Kier alpha value is -1.55. The Kier molecular flexibility index (Phi) is 3.89. The minimum absolute atomic E-state index is 0.137. The first-order valence-corrected chi connectivity index (χ1v) is 7.92. The molecule has 2 fully saturated rings. The van der Waals surface area contributed by atoms with Crippen LogP contribution in [0.25, 0.3) is 0 Å². The molecule has 0 spiro atoms. The highest BCUT2D eigenvalue weighted by Crippen LogP contribution is 2.48. The Balaban J connectivity index is 1.56. The van der Waals surface area contributed by atoms with Gasteiger partial charge in [0.25, 0.3) is 0 Å². The van der Waals surface area contributed by atoms with Gasteiger partial charge in [-0.15, -0.1) is 0 Å². The molecule has 2 aliphatic carbocycles. The maximum Gasteiger partial charge on any atom is 0.230 e. The number of nitrogen functional groups attached to an aromatic ring is 1. The van der Waals surface area contributed by atoms with Crippen LogP contribution < -0.4 is 11.1 Å². The molecule has 0 aliphatic heterocycles. The predicted octanol–water partition coefficient (Wildman–Crippen LogP) is 1.97. The maximum atomic E-state index is 12.5. The third-order valence-corrected chi connectivity index (χ3v) is 5.02. The molecule has 0 atom stereocenters. The van der Waals surface area contributed by atoms with Gasteiger partial charge in [-0.3, -0.25) is 4.79 Å². The lowest BCUT2D eigenvalue weighted by molar-refractivity contribution is -0.123. The summed E-state index contributed by atoms with van der Waals surface area (Å²) in [5.74, 6) is 0.665. The number of carbonyl (C=O) groups is 1. The smallest absolute Gasteiger partial charge is 0.230 e. The van der Waals surface area contributed by atoms with Crippen molar-refractivity contribution in [2.75, 3.05) is 12.3 Å². The zero-order chi connectivity index (χ0) is 14.9. The fourth-order valence-electron chi connectivity index (χ4n) is 3.33. The summed E-state index contributed by atoms with van der Waals surface area (Å²) in [5.41, 5.74) is 7.20. The molecule has 3 rings (SSSR count). The average Bonchev–Trinajstić information content (AvgIpc) is 3.29. The molecule has 2 aliphatic rings. The Morgan fingerprint density at radius 3 is 2.38 bits per heavy atom. The Morgan fingerprint density at radius 1 is 1.19 bits per heavy atom. The van der Waals surface area contributed by atoms with Crippen molar-refractivity contribution < 1.29 is 9.90 Å². The number of hydrogen-bond donors (Lipinski definition) is 3. The third kappa shape index (κ3) is 3.05. The van der Waals surface area contributed by atoms with E-state index >= 15 is 0 Å². The van der Waals surface area contributed by atoms with Crippen LogP contribution in [0.4, 0.5) is 5.69 Å². The van der Waals surface area contributed by atoms with Crippen molar-refractivity contribution >= 4 is 11.6 Å². The van der Waals surface area contributed by atoms with Crippen LogP contribution in [0.2, 0.25) is 0 Å². The van der Waals surface area contributed by atoms with Crippen molar-refractivity contribution in [3.8, 4) is 0 Å². The molecule has 4 nitrogen and oxygen atoms in total. The van der Waals surface area contributed by atoms with E-state index in [1.165, 1.54) is 0 Å². The van der Waals surface area contributed by atoms with Crippen LogP contribution in [-0.2, 0) is 10.2 Å². The van der Waals surface area contributed by atoms with Gasteiger partial charge in [-0.2, -0.15) is 0 Å². The molecule has 0 aromatic heterocycles. The molecule has 4 N–H and O–H groups in total. The van der Waals surface area contributed by atoms with E-state index in [1.807, 2.05) is 24.3 Å². The summed E-state index contributed by atoms with van der Waals surface area (Å²) in [5, 5.41) is 12.6. The fraction of sp³-hybridized carbons (Fsp3) is 0.588. The number of rotatable bonds is 4. The van der Waals surface area contributed by atoms with Crippen molar-refractivity contribution in [1.29, 1.82) is 0 Å². The van der Waals surface area contributed by atoms with E-state index in [9.17, 15) is 9.90 Å². The number of benzene rings is 1. The van der Waals surface area contributed by atoms with Crippen LogP contribution in [0.5, 0.6) is 0 Å². The predicted molar refractivity (Wildman–Crippen MR) is 82.7 cm³/mol. The summed E-state index contributed by atoms with van der Waals surface area (Å²) in [6.07, 6.45) is 5.46. The second kappa shape index (κ2) is 5.68. The molecule has 0 radical (unpaired) electrons. The van der Waals surface area contributed by atoms with Gasteiger partial charge in [0.15, 0.2) is 0 Å². The van der Waals surface area contributed by atoms with E-state index in [-0.39, 0.29) is 17.4 Å². The first kappa shape index (κ1) is 14.4. The number of aliphatic hydroxyl groups excluding tert-OH is 1. The van der Waals surface area contributed by atoms with E-state index in [0.29, 0.717) is 5.92 Å². The third-order valence-electron chi connectivity index (χ3n) is 5.02. The van der Waals surface area contributed by atoms with Gasteiger partial charge in [0.2, 0.25) is 5.91 Å². The lowest BCUT2D eigenvalue weighted by Gasteiger charge is -2.26. The van der Waals surface area contributed by atoms with Crippen molar-refractivity contribution in [2.24, 2.45) is 5.92 Å². The largest absolute Gasteiger partial charge is 0.399 e. The SMILES string of the molecule is Nc1ccc(C2(C(=O)NCC3CCC(O)CC3)CC2)cc1. The quantitative estimate of drug-likeness (QED) is 0.741. The lowest BCUT2D eigenvalue weighted by atomic mass is 9.87. The summed E-state index contributed by atoms with van der Waals surface area (Å²) in [6.45, 7) is 0.738. The molecule has 0 bridgehead atoms. The summed E-state index contributed by atoms with van der Waals surface area (Å²) >= 11 is 0. The van der Waals surface area contributed by atoms with Gasteiger partial charge in [0.05, 0.1) is 11.5 Å². The number of hydrogen-bond acceptors (Lipinski definition) is 3. The van der Waals surface area contributed by atoms with E-state index < -0.39 is 0 Å². The van der Waals surface area contributed by atoms with Crippen molar-refractivity contribution in [2.45, 2.75) is 50.0 Å². The molecular formula is C17H24N2O2. The average molecular weight is 288 g/mol. The summed E-state index contributed by atoms with van der Waals surface area (Å²) in [7, 11) is 0. The summed E-state index contributed by atoms with van der Waals surface area (Å²) in [4.78, 5) is 12.5. The Labute approximate surface area is 125 Å². The van der Waals surface area contributed by atoms with E-state index in [4.69, 9.17) is 5.73 Å². The fourth-order valence-corrected chi connectivity index (χ4v) is 3.33. The molecule has 0 unspecified atom stereocenters. The van der Waals surface area contributed by atoms with Crippen LogP contribution >= 0.6 is 0 Å². The molecule has 1 aromatic rings. The number of aliphatic hydroxyl groups is 1. The molecule has 21 heavy (non-hydrogen) atoms. The second-order valence-corrected chi connectivity index (χ2v) is 6.59. The van der Waals surface area contributed by atoms with Crippen LogP contribution in [0.1, 0.15) is 44.1 Å². The van der Waals surface area contributed by atoms with E-state index in [1.54, 1.807) is 0 Å². The molecule has 0 saturated heterocycles. The first-order valence-electron chi connectivity index (χ1n) is 7.92. The highest BCUT2D eigenvalue weighted by atomic mass is 16.3. The lowest BCUT2D eigenvalue weighted by Crippen LogP contribution is -2.38. The van der Waals surface area contributed by atoms with Crippen LogP contribution in [0, 0.1) is 5.92 Å². The number of carbonyl (C=O) groups excluding carboxylic acids is 1. The van der Waals surface area contributed by atoms with Gasteiger partial charge in [0, 0.05) is 12.2 Å². The summed E-state index contributed by atoms with van der Waals surface area (Å²) < 4.78 is 0. The topological polar surface area (TPSA) is 75.4 Å². The van der Waals surface area contributed by atoms with Gasteiger partial charge in [-0.25, -0.2) is 0 Å². The summed E-state index contributed by atoms with van der Waals surface area (Å²) in [6, 6.07) is 7.67. The number of nitrogens with one attached hydrogen (secondary N) is 1. The van der Waals surface area contributed by atoms with Crippen LogP contribution in [0.3, 0.4) is 0 Å². The molecule has 1 amide bonds. The zero-order valence-corrected chi connectivity index (χ0v) is 12.3. The number of amides is 1. The minimum Gasteiger partial charge on any atom is -0.399 e. The molecule has 4 heteroatoms. The molecule has 2 saturated carbocycles. The minimum atomic E-state index is -0.318. The van der Waals surface area contributed by atoms with E-state index in [2.05, 4.69) is 5.32 Å². The van der Waals surface area contributed by atoms with Gasteiger partial charge in [-0.05, 0) is 62.1 Å². The maximum absolute atomic E-state index is 12.5. The van der Waals surface area contributed by atoms with Crippen molar-refractivity contribution in [1.82, 2.24) is 5.32 Å². The Morgan fingerprint density at radius 2 is 1.81 bits per heavy atom. The van der Waals surface area contributed by atoms with Gasteiger partial charge in [0.1, 0.15) is 0 Å². The first-order chi connectivity index (χ1) is 10.1. The molecule has 114 valence electrons. The molecular weight excluding hydrogens is 264 g/mol. The van der Waals surface area contributed by atoms with E-state index in [0.717, 1.165) is 56.3 Å². The monoisotopic (exact) mass is 288 g/mol.